The fourth-order valence-electron chi connectivity index (χ4n) is 1.81. The zero-order valence-corrected chi connectivity index (χ0v) is 8.47. The second-order valence-electron chi connectivity index (χ2n) is 4.09. The molecule has 72 valence electrons. The summed E-state index contributed by atoms with van der Waals surface area (Å²) in [5.41, 5.74) is 6.05. The minimum atomic E-state index is -0.106. The van der Waals surface area contributed by atoms with E-state index in [1.54, 1.807) is 7.11 Å². The highest BCUT2D eigenvalue weighted by molar-refractivity contribution is 4.93. The molecule has 0 saturated heterocycles. The SMILES string of the molecule is CCC(C)(OC)C(N)C1CCC1. The van der Waals surface area contributed by atoms with Crippen LogP contribution in [0.4, 0.5) is 0 Å². The molecule has 2 atom stereocenters. The van der Waals surface area contributed by atoms with Gasteiger partial charge in [-0.15, -0.1) is 0 Å². The molecule has 0 aliphatic heterocycles. The van der Waals surface area contributed by atoms with Gasteiger partial charge in [-0.25, -0.2) is 0 Å². The van der Waals surface area contributed by atoms with Gasteiger partial charge in [-0.2, -0.15) is 0 Å². The van der Waals surface area contributed by atoms with E-state index in [4.69, 9.17) is 10.5 Å². The Morgan fingerprint density at radius 3 is 2.42 bits per heavy atom. The van der Waals surface area contributed by atoms with E-state index in [0.29, 0.717) is 5.92 Å². The molecule has 0 heterocycles. The van der Waals surface area contributed by atoms with Gasteiger partial charge in [0.25, 0.3) is 0 Å². The van der Waals surface area contributed by atoms with Gasteiger partial charge in [-0.1, -0.05) is 13.3 Å². The van der Waals surface area contributed by atoms with Crippen LogP contribution in [-0.4, -0.2) is 18.8 Å². The summed E-state index contributed by atoms with van der Waals surface area (Å²) in [6.07, 6.45) is 4.93. The van der Waals surface area contributed by atoms with Crippen molar-refractivity contribution in [1.29, 1.82) is 0 Å². The van der Waals surface area contributed by atoms with Crippen molar-refractivity contribution in [2.75, 3.05) is 7.11 Å². The van der Waals surface area contributed by atoms with Gasteiger partial charge < -0.3 is 10.5 Å². The second kappa shape index (κ2) is 3.75. The molecule has 12 heavy (non-hydrogen) atoms. The molecule has 2 heteroatoms. The molecular formula is C10H21NO. The number of rotatable bonds is 4. The number of nitrogens with two attached hydrogens (primary N) is 1. The molecule has 0 amide bonds. The zero-order valence-electron chi connectivity index (χ0n) is 8.47. The minimum Gasteiger partial charge on any atom is -0.377 e. The molecule has 0 aromatic carbocycles. The Kier molecular flexibility index (Phi) is 3.13. The van der Waals surface area contributed by atoms with E-state index >= 15 is 0 Å². The third-order valence-corrected chi connectivity index (χ3v) is 3.53. The van der Waals surface area contributed by atoms with Crippen LogP contribution in [0, 0.1) is 5.92 Å². The topological polar surface area (TPSA) is 35.2 Å². The van der Waals surface area contributed by atoms with Gasteiger partial charge in [-0.05, 0) is 32.1 Å². The molecule has 1 saturated carbocycles. The third kappa shape index (κ3) is 1.64. The quantitative estimate of drug-likeness (QED) is 0.701. The van der Waals surface area contributed by atoms with Gasteiger partial charge in [0.05, 0.1) is 5.60 Å². The molecule has 0 radical (unpaired) electrons. The summed E-state index contributed by atoms with van der Waals surface area (Å²) in [4.78, 5) is 0. The van der Waals surface area contributed by atoms with Crippen LogP contribution in [0.25, 0.3) is 0 Å². The van der Waals surface area contributed by atoms with E-state index in [1.165, 1.54) is 19.3 Å². The molecule has 2 nitrogen and oxygen atoms in total. The lowest BCUT2D eigenvalue weighted by atomic mass is 9.73. The van der Waals surface area contributed by atoms with Gasteiger partial charge in [0, 0.05) is 13.2 Å². The van der Waals surface area contributed by atoms with Crippen molar-refractivity contribution in [1.82, 2.24) is 0 Å². The van der Waals surface area contributed by atoms with Crippen molar-refractivity contribution >= 4 is 0 Å². The highest BCUT2D eigenvalue weighted by Crippen LogP contribution is 2.35. The van der Waals surface area contributed by atoms with Crippen molar-refractivity contribution in [2.24, 2.45) is 11.7 Å². The maximum Gasteiger partial charge on any atom is 0.0800 e. The highest BCUT2D eigenvalue weighted by atomic mass is 16.5. The van der Waals surface area contributed by atoms with Gasteiger partial charge in [0.2, 0.25) is 0 Å². The van der Waals surface area contributed by atoms with E-state index in [9.17, 15) is 0 Å². The van der Waals surface area contributed by atoms with Crippen LogP contribution in [-0.2, 0) is 4.74 Å². The van der Waals surface area contributed by atoms with Crippen LogP contribution >= 0.6 is 0 Å². The summed E-state index contributed by atoms with van der Waals surface area (Å²) in [5.74, 6) is 0.704. The van der Waals surface area contributed by atoms with Crippen LogP contribution < -0.4 is 5.73 Å². The van der Waals surface area contributed by atoms with Gasteiger partial charge >= 0.3 is 0 Å². The van der Waals surface area contributed by atoms with Crippen LogP contribution in [0.2, 0.25) is 0 Å². The molecule has 1 fully saturated rings. The van der Waals surface area contributed by atoms with E-state index in [1.807, 2.05) is 0 Å². The summed E-state index contributed by atoms with van der Waals surface area (Å²) in [6, 6.07) is 0.223. The Morgan fingerprint density at radius 2 is 2.17 bits per heavy atom. The lowest BCUT2D eigenvalue weighted by Gasteiger charge is -2.41. The first-order valence-electron chi connectivity index (χ1n) is 4.94. The Morgan fingerprint density at radius 1 is 1.58 bits per heavy atom. The monoisotopic (exact) mass is 171 g/mol. The maximum atomic E-state index is 6.15. The van der Waals surface area contributed by atoms with Gasteiger partial charge in [-0.3, -0.25) is 0 Å². The Bertz CT molecular complexity index is 139. The first kappa shape index (κ1) is 10.0. The van der Waals surface area contributed by atoms with Gasteiger partial charge in [0.15, 0.2) is 0 Å². The van der Waals surface area contributed by atoms with E-state index in [2.05, 4.69) is 13.8 Å². The Balaban J connectivity index is 2.51. The van der Waals surface area contributed by atoms with Crippen LogP contribution in [0.5, 0.6) is 0 Å². The van der Waals surface area contributed by atoms with Crippen molar-refractivity contribution in [2.45, 2.75) is 51.2 Å². The molecule has 0 spiro atoms. The van der Waals surface area contributed by atoms with E-state index in [-0.39, 0.29) is 11.6 Å². The molecule has 0 aromatic heterocycles. The summed E-state index contributed by atoms with van der Waals surface area (Å²) in [6.45, 7) is 4.26. The molecular weight excluding hydrogens is 150 g/mol. The van der Waals surface area contributed by atoms with Crippen molar-refractivity contribution in [3.63, 3.8) is 0 Å². The Labute approximate surface area is 75.5 Å². The second-order valence-corrected chi connectivity index (χ2v) is 4.09. The average molecular weight is 171 g/mol. The molecule has 0 bridgehead atoms. The molecule has 0 aromatic rings. The van der Waals surface area contributed by atoms with Crippen LogP contribution in [0.3, 0.4) is 0 Å². The molecule has 2 N–H and O–H groups in total. The predicted molar refractivity (Wildman–Crippen MR) is 51.0 cm³/mol. The van der Waals surface area contributed by atoms with Crippen LogP contribution in [0.15, 0.2) is 0 Å². The normalized spacial score (nSPS) is 26.0. The number of hydrogen-bond acceptors (Lipinski definition) is 2. The highest BCUT2D eigenvalue weighted by Gasteiger charge is 2.37. The smallest absolute Gasteiger partial charge is 0.0800 e. The lowest BCUT2D eigenvalue weighted by Crippen LogP contribution is -2.52. The first-order valence-corrected chi connectivity index (χ1v) is 4.94. The maximum absolute atomic E-state index is 6.15. The fourth-order valence-corrected chi connectivity index (χ4v) is 1.81. The molecule has 1 rings (SSSR count). The van der Waals surface area contributed by atoms with Crippen LogP contribution in [0.1, 0.15) is 39.5 Å². The summed E-state index contributed by atoms with van der Waals surface area (Å²) >= 11 is 0. The number of ether oxygens (including phenoxy) is 1. The van der Waals surface area contributed by atoms with E-state index in [0.717, 1.165) is 6.42 Å². The summed E-state index contributed by atoms with van der Waals surface area (Å²) < 4.78 is 5.48. The van der Waals surface area contributed by atoms with Crippen molar-refractivity contribution in [3.8, 4) is 0 Å². The fraction of sp³-hybridized carbons (Fsp3) is 1.00. The molecule has 1 aliphatic rings. The standard InChI is InChI=1S/C10H21NO/c1-4-10(2,12-3)9(11)8-6-5-7-8/h8-9H,4-7,11H2,1-3H3. The van der Waals surface area contributed by atoms with Crippen molar-refractivity contribution in [3.05, 3.63) is 0 Å². The summed E-state index contributed by atoms with van der Waals surface area (Å²) in [7, 11) is 1.77. The average Bonchev–Trinajstić information content (AvgIpc) is 2.00. The lowest BCUT2D eigenvalue weighted by molar-refractivity contribution is -0.0439. The molecule has 1 aliphatic carbocycles. The Hall–Kier alpha value is -0.0800. The number of methoxy groups -OCH3 is 1. The molecule has 2 unspecified atom stereocenters. The van der Waals surface area contributed by atoms with Gasteiger partial charge in [0.1, 0.15) is 0 Å². The van der Waals surface area contributed by atoms with E-state index < -0.39 is 0 Å². The largest absolute Gasteiger partial charge is 0.377 e. The first-order chi connectivity index (χ1) is 5.64. The predicted octanol–water partition coefficient (Wildman–Crippen LogP) is 1.93. The summed E-state index contributed by atoms with van der Waals surface area (Å²) in [5, 5.41) is 0. The third-order valence-electron chi connectivity index (χ3n) is 3.53. The zero-order chi connectivity index (χ0) is 9.19. The number of hydrogen-bond donors (Lipinski definition) is 1. The van der Waals surface area contributed by atoms with Crippen molar-refractivity contribution < 1.29 is 4.74 Å². The minimum absolute atomic E-state index is 0.106.